The van der Waals surface area contributed by atoms with Crippen molar-refractivity contribution in [3.05, 3.63) is 11.6 Å². The van der Waals surface area contributed by atoms with Crippen molar-refractivity contribution in [2.24, 2.45) is 5.92 Å². The maximum Gasteiger partial charge on any atom is 0.0619 e. The van der Waals surface area contributed by atoms with E-state index in [2.05, 4.69) is 25.2 Å². The molecule has 2 atom stereocenters. The smallest absolute Gasteiger partial charge is 0.0619 e. The summed E-state index contributed by atoms with van der Waals surface area (Å²) in [6.45, 7) is 6.86. The minimum atomic E-state index is 0.486. The largest absolute Gasteiger partial charge is 0.375 e. The van der Waals surface area contributed by atoms with E-state index in [0.717, 1.165) is 25.4 Å². The molecule has 2 heteroatoms. The minimum Gasteiger partial charge on any atom is -0.375 e. The normalized spacial score (nSPS) is 29.3. The molecule has 19 heavy (non-hydrogen) atoms. The molecule has 2 aliphatic rings. The molecule has 1 fully saturated rings. The molecule has 2 rings (SSSR count). The number of hydrogen-bond acceptors (Lipinski definition) is 2. The van der Waals surface area contributed by atoms with Gasteiger partial charge in [-0.2, -0.15) is 0 Å². The molecule has 1 saturated heterocycles. The van der Waals surface area contributed by atoms with Gasteiger partial charge in [-0.05, 0) is 57.5 Å². The highest BCUT2D eigenvalue weighted by atomic mass is 16.5. The van der Waals surface area contributed by atoms with E-state index in [1.807, 2.05) is 0 Å². The van der Waals surface area contributed by atoms with Gasteiger partial charge in [0.15, 0.2) is 0 Å². The second-order valence-electron chi connectivity index (χ2n) is 6.19. The third-order valence-corrected chi connectivity index (χ3v) is 4.56. The number of rotatable bonds is 6. The Bertz CT molecular complexity index is 281. The topological polar surface area (TPSA) is 21.3 Å². The van der Waals surface area contributed by atoms with Crippen LogP contribution in [0.5, 0.6) is 0 Å². The van der Waals surface area contributed by atoms with Gasteiger partial charge in [-0.1, -0.05) is 38.3 Å². The van der Waals surface area contributed by atoms with E-state index in [-0.39, 0.29) is 0 Å². The van der Waals surface area contributed by atoms with Gasteiger partial charge in [0.1, 0.15) is 0 Å². The average Bonchev–Trinajstić information content (AvgIpc) is 2.43. The molecule has 0 bridgehead atoms. The summed E-state index contributed by atoms with van der Waals surface area (Å²) in [6, 6.07) is 0. The molecule has 1 aliphatic carbocycles. The predicted octanol–water partition coefficient (Wildman–Crippen LogP) is 4.06. The molecular formula is C17H31NO. The summed E-state index contributed by atoms with van der Waals surface area (Å²) in [6.07, 6.45) is 13.5. The average molecular weight is 265 g/mol. The maximum atomic E-state index is 6.35. The first-order valence-corrected chi connectivity index (χ1v) is 8.38. The highest BCUT2D eigenvalue weighted by Gasteiger charge is 2.26. The summed E-state index contributed by atoms with van der Waals surface area (Å²) in [5.74, 6) is 0.797. The molecule has 1 N–H and O–H groups in total. The van der Waals surface area contributed by atoms with Gasteiger partial charge in [-0.25, -0.2) is 0 Å². The monoisotopic (exact) mass is 265 g/mol. The van der Waals surface area contributed by atoms with Crippen molar-refractivity contribution in [1.29, 1.82) is 0 Å². The summed E-state index contributed by atoms with van der Waals surface area (Å²) in [5.41, 5.74) is 1.72. The second kappa shape index (κ2) is 8.06. The van der Waals surface area contributed by atoms with Crippen molar-refractivity contribution < 1.29 is 4.74 Å². The Hall–Kier alpha value is -0.340. The zero-order chi connectivity index (χ0) is 13.5. The van der Waals surface area contributed by atoms with Crippen LogP contribution in [0, 0.1) is 5.92 Å². The van der Waals surface area contributed by atoms with Gasteiger partial charge in [0.25, 0.3) is 0 Å². The molecule has 2 nitrogen and oxygen atoms in total. The van der Waals surface area contributed by atoms with Crippen LogP contribution in [0.4, 0.5) is 0 Å². The van der Waals surface area contributed by atoms with Crippen LogP contribution in [-0.2, 0) is 4.74 Å². The zero-order valence-corrected chi connectivity index (χ0v) is 12.8. The Balaban J connectivity index is 1.86. The van der Waals surface area contributed by atoms with Crippen LogP contribution in [0.3, 0.4) is 0 Å². The highest BCUT2D eigenvalue weighted by molar-refractivity contribution is 5.11. The van der Waals surface area contributed by atoms with Gasteiger partial charge >= 0.3 is 0 Å². The van der Waals surface area contributed by atoms with Crippen LogP contribution < -0.4 is 5.32 Å². The fourth-order valence-corrected chi connectivity index (χ4v) is 3.58. The molecule has 0 aromatic rings. The van der Waals surface area contributed by atoms with Gasteiger partial charge < -0.3 is 10.1 Å². The summed E-state index contributed by atoms with van der Waals surface area (Å²) >= 11 is 0. The lowest BCUT2D eigenvalue weighted by molar-refractivity contribution is -0.0370. The van der Waals surface area contributed by atoms with Gasteiger partial charge in [0.2, 0.25) is 0 Å². The number of piperidine rings is 1. The number of nitrogens with one attached hydrogen (secondary N) is 1. The third kappa shape index (κ3) is 4.61. The lowest BCUT2D eigenvalue weighted by Crippen LogP contribution is -2.36. The fourth-order valence-electron chi connectivity index (χ4n) is 3.58. The Morgan fingerprint density at radius 3 is 2.63 bits per heavy atom. The standard InChI is InChI=1S/C17H31NO/c1-3-5-14-7-8-17(13-15(14)6-4-2)19-16-9-11-18-12-10-16/h7,15-18H,3-6,8-13H2,1-2H3/t15-,17?/m0/s1. The summed E-state index contributed by atoms with van der Waals surface area (Å²) in [4.78, 5) is 0. The minimum absolute atomic E-state index is 0.486. The van der Waals surface area contributed by atoms with E-state index in [1.54, 1.807) is 5.57 Å². The molecule has 0 aromatic heterocycles. The third-order valence-electron chi connectivity index (χ3n) is 4.56. The van der Waals surface area contributed by atoms with Crippen LogP contribution in [0.2, 0.25) is 0 Å². The van der Waals surface area contributed by atoms with Crippen LogP contribution >= 0.6 is 0 Å². The van der Waals surface area contributed by atoms with Crippen LogP contribution in [0.1, 0.15) is 65.2 Å². The second-order valence-corrected chi connectivity index (χ2v) is 6.19. The molecular weight excluding hydrogens is 234 g/mol. The summed E-state index contributed by atoms with van der Waals surface area (Å²) < 4.78 is 6.35. The molecule has 1 unspecified atom stereocenters. The molecule has 0 saturated carbocycles. The molecule has 0 radical (unpaired) electrons. The first-order valence-electron chi connectivity index (χ1n) is 8.38. The molecule has 0 amide bonds. The van der Waals surface area contributed by atoms with Crippen LogP contribution in [0.25, 0.3) is 0 Å². The maximum absolute atomic E-state index is 6.35. The van der Waals surface area contributed by atoms with Crippen molar-refractivity contribution in [3.63, 3.8) is 0 Å². The van der Waals surface area contributed by atoms with Crippen molar-refractivity contribution in [3.8, 4) is 0 Å². The van der Waals surface area contributed by atoms with Gasteiger partial charge in [0.05, 0.1) is 12.2 Å². The Morgan fingerprint density at radius 1 is 1.16 bits per heavy atom. The van der Waals surface area contributed by atoms with E-state index in [4.69, 9.17) is 4.74 Å². The Morgan fingerprint density at radius 2 is 1.95 bits per heavy atom. The van der Waals surface area contributed by atoms with E-state index >= 15 is 0 Å². The molecule has 0 spiro atoms. The number of allylic oxidation sites excluding steroid dienone is 1. The van der Waals surface area contributed by atoms with Crippen molar-refractivity contribution in [2.45, 2.75) is 77.4 Å². The van der Waals surface area contributed by atoms with Crippen LogP contribution in [0.15, 0.2) is 11.6 Å². The van der Waals surface area contributed by atoms with E-state index in [0.29, 0.717) is 12.2 Å². The van der Waals surface area contributed by atoms with Gasteiger partial charge in [-0.15, -0.1) is 0 Å². The van der Waals surface area contributed by atoms with Crippen molar-refractivity contribution in [1.82, 2.24) is 5.32 Å². The summed E-state index contributed by atoms with van der Waals surface area (Å²) in [5, 5.41) is 3.41. The number of hydrogen-bond donors (Lipinski definition) is 1. The van der Waals surface area contributed by atoms with E-state index in [9.17, 15) is 0 Å². The Kier molecular flexibility index (Phi) is 6.39. The molecule has 110 valence electrons. The summed E-state index contributed by atoms with van der Waals surface area (Å²) in [7, 11) is 0. The SMILES string of the molecule is CCCC1=CCC(OC2CCNCC2)C[C@@H]1CCC. The zero-order valence-electron chi connectivity index (χ0n) is 12.8. The van der Waals surface area contributed by atoms with Gasteiger partial charge in [0, 0.05) is 0 Å². The van der Waals surface area contributed by atoms with Gasteiger partial charge in [-0.3, -0.25) is 0 Å². The lowest BCUT2D eigenvalue weighted by Gasteiger charge is -2.34. The predicted molar refractivity (Wildman–Crippen MR) is 81.4 cm³/mol. The quantitative estimate of drug-likeness (QED) is 0.731. The molecule has 1 heterocycles. The van der Waals surface area contributed by atoms with Crippen molar-refractivity contribution in [2.75, 3.05) is 13.1 Å². The first kappa shape index (κ1) is 15.1. The first-order chi connectivity index (χ1) is 9.33. The van der Waals surface area contributed by atoms with E-state index < -0.39 is 0 Å². The number of ether oxygens (including phenoxy) is 1. The molecule has 1 aliphatic heterocycles. The lowest BCUT2D eigenvalue weighted by atomic mass is 9.81. The molecule has 0 aromatic carbocycles. The highest BCUT2D eigenvalue weighted by Crippen LogP contribution is 2.33. The fraction of sp³-hybridized carbons (Fsp3) is 0.882. The van der Waals surface area contributed by atoms with Crippen molar-refractivity contribution >= 4 is 0 Å². The Labute approximate surface area is 119 Å². The van der Waals surface area contributed by atoms with Crippen LogP contribution in [-0.4, -0.2) is 25.3 Å². The van der Waals surface area contributed by atoms with E-state index in [1.165, 1.54) is 44.9 Å².